The van der Waals surface area contributed by atoms with Crippen molar-refractivity contribution in [2.45, 2.75) is 11.8 Å². The predicted molar refractivity (Wildman–Crippen MR) is 79.0 cm³/mol. The standard InChI is InChI=1S/C14H14N2O3S/c1-2-16-14-12(11-5-4-9-19-10-8-11)6-3-7-13(14)20(15,17)18/h2-10H,1H3,(H2,15,17,18)/b16-2-. The van der Waals surface area contributed by atoms with Crippen molar-refractivity contribution in [3.05, 3.63) is 54.5 Å². The van der Waals surface area contributed by atoms with E-state index in [2.05, 4.69) is 4.99 Å². The van der Waals surface area contributed by atoms with Crippen LogP contribution in [0.4, 0.5) is 5.69 Å². The van der Waals surface area contributed by atoms with Crippen molar-refractivity contribution < 1.29 is 13.2 Å². The quantitative estimate of drug-likeness (QED) is 0.868. The third-order valence-corrected chi connectivity index (χ3v) is 3.58. The minimum Gasteiger partial charge on any atom is -0.473 e. The van der Waals surface area contributed by atoms with E-state index < -0.39 is 10.0 Å². The monoisotopic (exact) mass is 290 g/mol. The zero-order valence-corrected chi connectivity index (χ0v) is 11.7. The zero-order valence-electron chi connectivity index (χ0n) is 10.9. The first-order chi connectivity index (χ1) is 9.54. The lowest BCUT2D eigenvalue weighted by molar-refractivity contribution is 0.404. The number of rotatable bonds is 3. The lowest BCUT2D eigenvalue weighted by atomic mass is 10.0. The van der Waals surface area contributed by atoms with Crippen molar-refractivity contribution in [2.75, 3.05) is 0 Å². The van der Waals surface area contributed by atoms with Crippen molar-refractivity contribution in [3.8, 4) is 0 Å². The molecule has 0 aliphatic carbocycles. The van der Waals surface area contributed by atoms with Gasteiger partial charge in [0.15, 0.2) is 0 Å². The van der Waals surface area contributed by atoms with Crippen molar-refractivity contribution in [1.82, 2.24) is 0 Å². The highest BCUT2D eigenvalue weighted by Crippen LogP contribution is 2.33. The Bertz CT molecular complexity index is 729. The molecule has 0 saturated heterocycles. The van der Waals surface area contributed by atoms with Crippen molar-refractivity contribution >= 4 is 27.5 Å². The molecule has 2 N–H and O–H groups in total. The van der Waals surface area contributed by atoms with Crippen LogP contribution in [0.3, 0.4) is 0 Å². The molecule has 0 radical (unpaired) electrons. The van der Waals surface area contributed by atoms with Gasteiger partial charge in [-0.05, 0) is 30.7 Å². The van der Waals surface area contributed by atoms with Crippen molar-refractivity contribution in [1.29, 1.82) is 0 Å². The molecule has 0 saturated carbocycles. The lowest BCUT2D eigenvalue weighted by Gasteiger charge is -2.10. The Kier molecular flexibility index (Phi) is 4.16. The van der Waals surface area contributed by atoms with Crippen LogP contribution >= 0.6 is 0 Å². The van der Waals surface area contributed by atoms with Crippen LogP contribution in [0.1, 0.15) is 12.5 Å². The maximum absolute atomic E-state index is 11.7. The molecular weight excluding hydrogens is 276 g/mol. The number of benzene rings is 1. The fraction of sp³-hybridized carbons (Fsp3) is 0.0714. The molecule has 0 unspecified atom stereocenters. The van der Waals surface area contributed by atoms with Gasteiger partial charge in [0.05, 0.1) is 18.2 Å². The first-order valence-corrected chi connectivity index (χ1v) is 7.42. The first kappa shape index (κ1) is 14.2. The number of hydrogen-bond donors (Lipinski definition) is 1. The van der Waals surface area contributed by atoms with E-state index in [4.69, 9.17) is 9.88 Å². The van der Waals surface area contributed by atoms with Gasteiger partial charge < -0.3 is 4.74 Å². The molecule has 1 aromatic rings. The largest absolute Gasteiger partial charge is 0.473 e. The molecule has 5 nitrogen and oxygen atoms in total. The van der Waals surface area contributed by atoms with Crippen LogP contribution in [-0.4, -0.2) is 14.6 Å². The molecule has 0 aromatic heterocycles. The molecule has 0 bridgehead atoms. The Morgan fingerprint density at radius 2 is 2.10 bits per heavy atom. The smallest absolute Gasteiger partial charge is 0.240 e. The molecule has 1 heterocycles. The van der Waals surface area contributed by atoms with E-state index in [0.717, 1.165) is 5.57 Å². The number of allylic oxidation sites excluding steroid dienone is 4. The minimum atomic E-state index is -3.84. The van der Waals surface area contributed by atoms with Crippen LogP contribution < -0.4 is 5.14 Å². The molecule has 2 rings (SSSR count). The molecule has 1 aliphatic rings. The second-order valence-corrected chi connectivity index (χ2v) is 5.50. The average molecular weight is 290 g/mol. The van der Waals surface area contributed by atoms with Crippen LogP contribution in [0.25, 0.3) is 5.57 Å². The topological polar surface area (TPSA) is 81.8 Å². The van der Waals surface area contributed by atoms with E-state index in [9.17, 15) is 8.42 Å². The summed E-state index contributed by atoms with van der Waals surface area (Å²) in [5.41, 5.74) is 1.77. The van der Waals surface area contributed by atoms with Crippen LogP contribution in [-0.2, 0) is 14.8 Å². The summed E-state index contributed by atoms with van der Waals surface area (Å²) in [5, 5.41) is 5.24. The number of nitrogens with two attached hydrogens (primary N) is 1. The van der Waals surface area contributed by atoms with Gasteiger partial charge in [0, 0.05) is 11.8 Å². The van der Waals surface area contributed by atoms with Crippen molar-refractivity contribution in [3.63, 3.8) is 0 Å². The zero-order chi connectivity index (χ0) is 14.6. The number of sulfonamides is 1. The molecule has 0 spiro atoms. The Balaban J connectivity index is 2.71. The maximum Gasteiger partial charge on any atom is 0.240 e. The Morgan fingerprint density at radius 1 is 1.30 bits per heavy atom. The number of ether oxygens (including phenoxy) is 1. The molecule has 20 heavy (non-hydrogen) atoms. The molecule has 0 amide bonds. The molecule has 104 valence electrons. The molecule has 0 atom stereocenters. The number of nitrogens with zero attached hydrogens (tertiary/aromatic N) is 1. The molecule has 0 fully saturated rings. The fourth-order valence-corrected chi connectivity index (χ4v) is 2.53. The SMILES string of the molecule is C/C=N\c1c(C2=CC=COC=C2)cccc1S(N)(=O)=O. The van der Waals surface area contributed by atoms with E-state index in [1.54, 1.807) is 37.3 Å². The van der Waals surface area contributed by atoms with Crippen LogP contribution in [0.2, 0.25) is 0 Å². The van der Waals surface area contributed by atoms with Crippen LogP contribution in [0.5, 0.6) is 0 Å². The number of primary sulfonamides is 1. The van der Waals surface area contributed by atoms with E-state index in [1.807, 2.05) is 0 Å². The summed E-state index contributed by atoms with van der Waals surface area (Å²) in [4.78, 5) is 4.15. The van der Waals surface area contributed by atoms with Gasteiger partial charge in [-0.1, -0.05) is 18.2 Å². The average Bonchev–Trinajstić information content (AvgIpc) is 2.67. The van der Waals surface area contributed by atoms with Gasteiger partial charge in [0.2, 0.25) is 10.0 Å². The molecule has 1 aromatic carbocycles. The van der Waals surface area contributed by atoms with Crippen molar-refractivity contribution in [2.24, 2.45) is 10.1 Å². The van der Waals surface area contributed by atoms with Crippen LogP contribution in [0, 0.1) is 0 Å². The third-order valence-electron chi connectivity index (χ3n) is 2.63. The van der Waals surface area contributed by atoms with Gasteiger partial charge in [-0.15, -0.1) is 0 Å². The summed E-state index contributed by atoms with van der Waals surface area (Å²) in [7, 11) is -3.84. The summed E-state index contributed by atoms with van der Waals surface area (Å²) in [6.45, 7) is 1.71. The normalized spacial score (nSPS) is 15.0. The second kappa shape index (κ2) is 5.85. The van der Waals surface area contributed by atoms with Gasteiger partial charge in [0.1, 0.15) is 4.90 Å². The highest BCUT2D eigenvalue weighted by molar-refractivity contribution is 7.89. The first-order valence-electron chi connectivity index (χ1n) is 5.88. The second-order valence-electron chi connectivity index (χ2n) is 3.97. The minimum absolute atomic E-state index is 0.00320. The summed E-state index contributed by atoms with van der Waals surface area (Å²) in [6, 6.07) is 4.86. The number of aliphatic imine (C=N–C) groups is 1. The van der Waals surface area contributed by atoms with Gasteiger partial charge in [-0.25, -0.2) is 13.6 Å². The fourth-order valence-electron chi connectivity index (χ4n) is 1.83. The summed E-state index contributed by atoms with van der Waals surface area (Å²) in [5.74, 6) is 0. The summed E-state index contributed by atoms with van der Waals surface area (Å²) in [6.07, 6.45) is 9.82. The van der Waals surface area contributed by atoms with E-state index >= 15 is 0 Å². The molecular formula is C14H14N2O3S. The van der Waals surface area contributed by atoms with Crippen LogP contribution in [0.15, 0.2) is 58.8 Å². The highest BCUT2D eigenvalue weighted by atomic mass is 32.2. The van der Waals surface area contributed by atoms with E-state index in [-0.39, 0.29) is 4.90 Å². The summed E-state index contributed by atoms with van der Waals surface area (Å²) >= 11 is 0. The summed E-state index contributed by atoms with van der Waals surface area (Å²) < 4.78 is 28.4. The number of hydrogen-bond acceptors (Lipinski definition) is 4. The molecule has 6 heteroatoms. The third kappa shape index (κ3) is 3.04. The van der Waals surface area contributed by atoms with Gasteiger partial charge in [-0.2, -0.15) is 0 Å². The van der Waals surface area contributed by atoms with Gasteiger partial charge in [-0.3, -0.25) is 4.99 Å². The Labute approximate surface area is 117 Å². The molecule has 1 aliphatic heterocycles. The van der Waals surface area contributed by atoms with Gasteiger partial charge in [0.25, 0.3) is 0 Å². The predicted octanol–water partition coefficient (Wildman–Crippen LogP) is 2.50. The highest BCUT2D eigenvalue weighted by Gasteiger charge is 2.17. The number of para-hydroxylation sites is 1. The van der Waals surface area contributed by atoms with E-state index in [0.29, 0.717) is 11.3 Å². The maximum atomic E-state index is 11.7. The Hall–Kier alpha value is -2.18. The van der Waals surface area contributed by atoms with E-state index in [1.165, 1.54) is 24.8 Å². The lowest BCUT2D eigenvalue weighted by Crippen LogP contribution is -2.12. The van der Waals surface area contributed by atoms with Gasteiger partial charge >= 0.3 is 0 Å². The Morgan fingerprint density at radius 3 is 2.80 bits per heavy atom.